The first kappa shape index (κ1) is 13.2. The van der Waals surface area contributed by atoms with Crippen molar-refractivity contribution in [3.8, 4) is 0 Å². The minimum Gasteiger partial charge on any atom is -0.384 e. The summed E-state index contributed by atoms with van der Waals surface area (Å²) in [4.78, 5) is 14.5. The van der Waals surface area contributed by atoms with Crippen molar-refractivity contribution in [1.82, 2.24) is 4.98 Å². The van der Waals surface area contributed by atoms with E-state index in [2.05, 4.69) is 4.98 Å². The van der Waals surface area contributed by atoms with E-state index in [1.807, 2.05) is 5.32 Å². The molecule has 0 bridgehead atoms. The van der Waals surface area contributed by atoms with E-state index < -0.39 is 29.4 Å². The Labute approximate surface area is 94.5 Å². The molecule has 0 aliphatic carbocycles. The molecule has 4 N–H and O–H groups in total. The van der Waals surface area contributed by atoms with Crippen molar-refractivity contribution in [3.63, 3.8) is 0 Å². The molecule has 0 aliphatic heterocycles. The minimum atomic E-state index is -4.67. The number of nitrogens with one attached hydrogen (secondary N) is 1. The second-order valence-corrected chi connectivity index (χ2v) is 3.32. The van der Waals surface area contributed by atoms with E-state index in [1.54, 1.807) is 0 Å². The monoisotopic (exact) mass is 249 g/mol. The van der Waals surface area contributed by atoms with Gasteiger partial charge in [-0.05, 0) is 13.0 Å². The Hall–Kier alpha value is -1.83. The van der Waals surface area contributed by atoms with Crippen molar-refractivity contribution >= 4 is 17.4 Å². The van der Waals surface area contributed by atoms with Crippen LogP contribution in [0.25, 0.3) is 0 Å². The third kappa shape index (κ3) is 3.31. The quantitative estimate of drug-likeness (QED) is 0.729. The van der Waals surface area contributed by atoms with Gasteiger partial charge in [0.25, 0.3) is 5.91 Å². The Morgan fingerprint density at radius 3 is 2.65 bits per heavy atom. The Morgan fingerprint density at radius 1 is 1.59 bits per heavy atom. The summed E-state index contributed by atoms with van der Waals surface area (Å²) in [6.45, 7) is 1.13. The molecule has 1 unspecified atom stereocenters. The number of halogens is 3. The fraction of sp³-hybridized carbons (Fsp3) is 0.333. The summed E-state index contributed by atoms with van der Waals surface area (Å²) in [6, 6.07) is 0.609. The maximum Gasteiger partial charge on any atom is 0.418 e. The fourth-order valence-electron chi connectivity index (χ4n) is 1.04. The maximum atomic E-state index is 12.6. The van der Waals surface area contributed by atoms with Gasteiger partial charge in [-0.3, -0.25) is 4.79 Å². The topological polar surface area (TPSA) is 88.2 Å². The number of pyridine rings is 1. The summed E-state index contributed by atoms with van der Waals surface area (Å²) >= 11 is 0. The number of aliphatic hydroxyl groups excluding tert-OH is 1. The van der Waals surface area contributed by atoms with Gasteiger partial charge >= 0.3 is 6.18 Å². The van der Waals surface area contributed by atoms with Gasteiger partial charge in [0.05, 0.1) is 17.4 Å². The van der Waals surface area contributed by atoms with E-state index in [9.17, 15) is 18.0 Å². The lowest BCUT2D eigenvalue weighted by Gasteiger charge is -2.14. The zero-order valence-corrected chi connectivity index (χ0v) is 8.75. The summed E-state index contributed by atoms with van der Waals surface area (Å²) in [5, 5.41) is 10.8. The van der Waals surface area contributed by atoms with Crippen LogP contribution in [0.2, 0.25) is 0 Å². The fourth-order valence-corrected chi connectivity index (χ4v) is 1.04. The molecule has 1 amide bonds. The summed E-state index contributed by atoms with van der Waals surface area (Å²) in [7, 11) is 0. The molecule has 1 aromatic rings. The van der Waals surface area contributed by atoms with E-state index in [0.29, 0.717) is 6.07 Å². The summed E-state index contributed by atoms with van der Waals surface area (Å²) in [6.07, 6.45) is -5.30. The molecular weight excluding hydrogens is 239 g/mol. The van der Waals surface area contributed by atoms with Crippen molar-refractivity contribution < 1.29 is 23.1 Å². The summed E-state index contributed by atoms with van der Waals surface area (Å²) in [5.74, 6) is -1.27. The molecule has 0 fully saturated rings. The molecule has 0 spiro atoms. The molecule has 0 aliphatic rings. The van der Waals surface area contributed by atoms with Gasteiger partial charge in [-0.15, -0.1) is 0 Å². The first-order valence-electron chi connectivity index (χ1n) is 4.53. The Bertz CT molecular complexity index is 432. The number of amides is 1. The predicted molar refractivity (Wildman–Crippen MR) is 54.0 cm³/mol. The van der Waals surface area contributed by atoms with Crippen LogP contribution in [-0.4, -0.2) is 22.1 Å². The van der Waals surface area contributed by atoms with Gasteiger partial charge in [-0.25, -0.2) is 4.98 Å². The van der Waals surface area contributed by atoms with Crippen LogP contribution in [-0.2, 0) is 11.0 Å². The highest BCUT2D eigenvalue weighted by molar-refractivity contribution is 5.94. The number of aliphatic hydroxyl groups is 1. The van der Waals surface area contributed by atoms with Crippen molar-refractivity contribution in [3.05, 3.63) is 17.8 Å². The highest BCUT2D eigenvalue weighted by Crippen LogP contribution is 2.35. The minimum absolute atomic E-state index is 0.313. The molecule has 1 heterocycles. The number of carbonyl (C=O) groups excluding carboxylic acids is 1. The van der Waals surface area contributed by atoms with E-state index in [4.69, 9.17) is 10.8 Å². The lowest BCUT2D eigenvalue weighted by molar-refractivity contribution is -0.137. The van der Waals surface area contributed by atoms with Crippen LogP contribution in [0.4, 0.5) is 24.7 Å². The maximum absolute atomic E-state index is 12.6. The first-order chi connectivity index (χ1) is 7.71. The van der Waals surface area contributed by atoms with Crippen molar-refractivity contribution in [2.75, 3.05) is 11.1 Å². The normalized spacial score (nSPS) is 13.2. The third-order valence-corrected chi connectivity index (χ3v) is 1.87. The molecule has 1 aromatic heterocycles. The second kappa shape index (κ2) is 4.58. The standard InChI is InChI=1S/C9H10F3N3O2/c1-4(16)8(17)15-6-3-14-7(13)2-5(6)9(10,11)12/h2-4,16H,1H3,(H2,13,14)(H,15,17). The van der Waals surface area contributed by atoms with Crippen LogP contribution in [0.5, 0.6) is 0 Å². The number of nitrogens with zero attached hydrogens (tertiary/aromatic N) is 1. The third-order valence-electron chi connectivity index (χ3n) is 1.87. The summed E-state index contributed by atoms with van der Waals surface area (Å²) in [5.41, 5.74) is 3.49. The van der Waals surface area contributed by atoms with Gasteiger partial charge in [0.15, 0.2) is 0 Å². The van der Waals surface area contributed by atoms with Crippen LogP contribution < -0.4 is 11.1 Å². The molecule has 0 saturated carbocycles. The van der Waals surface area contributed by atoms with Gasteiger partial charge in [-0.2, -0.15) is 13.2 Å². The SMILES string of the molecule is CC(O)C(=O)Nc1cnc(N)cc1C(F)(F)F. The second-order valence-electron chi connectivity index (χ2n) is 3.32. The van der Waals surface area contributed by atoms with Crippen molar-refractivity contribution in [1.29, 1.82) is 0 Å². The molecule has 1 atom stereocenters. The zero-order valence-electron chi connectivity index (χ0n) is 8.75. The molecule has 1 rings (SSSR count). The molecule has 0 aromatic carbocycles. The average Bonchev–Trinajstić information content (AvgIpc) is 2.18. The molecule has 8 heteroatoms. The van der Waals surface area contributed by atoms with E-state index >= 15 is 0 Å². The first-order valence-corrected chi connectivity index (χ1v) is 4.53. The number of nitrogens with two attached hydrogens (primary N) is 1. The van der Waals surface area contributed by atoms with E-state index in [1.165, 1.54) is 0 Å². The Morgan fingerprint density at radius 2 is 2.18 bits per heavy atom. The molecular formula is C9H10F3N3O2. The highest BCUT2D eigenvalue weighted by Gasteiger charge is 2.34. The molecule has 0 radical (unpaired) electrons. The number of aromatic nitrogens is 1. The molecule has 0 saturated heterocycles. The average molecular weight is 249 g/mol. The Balaban J connectivity index is 3.12. The van der Waals surface area contributed by atoms with Crippen LogP contribution in [0.1, 0.15) is 12.5 Å². The summed E-state index contributed by atoms with van der Waals surface area (Å²) < 4.78 is 37.7. The molecule has 17 heavy (non-hydrogen) atoms. The van der Waals surface area contributed by atoms with Crippen LogP contribution in [0.3, 0.4) is 0 Å². The number of nitrogen functional groups attached to an aromatic ring is 1. The van der Waals surface area contributed by atoms with Gasteiger partial charge in [0.2, 0.25) is 0 Å². The number of hydrogen-bond acceptors (Lipinski definition) is 4. The van der Waals surface area contributed by atoms with Gasteiger partial charge in [0.1, 0.15) is 11.9 Å². The number of rotatable bonds is 2. The van der Waals surface area contributed by atoms with Crippen molar-refractivity contribution in [2.24, 2.45) is 0 Å². The van der Waals surface area contributed by atoms with E-state index in [0.717, 1.165) is 13.1 Å². The number of hydrogen-bond donors (Lipinski definition) is 3. The smallest absolute Gasteiger partial charge is 0.384 e. The van der Waals surface area contributed by atoms with Crippen LogP contribution in [0.15, 0.2) is 12.3 Å². The van der Waals surface area contributed by atoms with Gasteiger partial charge in [0, 0.05) is 0 Å². The predicted octanol–water partition coefficient (Wildman–Crippen LogP) is 1.00. The number of carbonyl (C=O) groups is 1. The largest absolute Gasteiger partial charge is 0.418 e. The van der Waals surface area contributed by atoms with Crippen LogP contribution >= 0.6 is 0 Å². The number of anilines is 2. The van der Waals surface area contributed by atoms with E-state index in [-0.39, 0.29) is 5.82 Å². The Kier molecular flexibility index (Phi) is 3.56. The highest BCUT2D eigenvalue weighted by atomic mass is 19.4. The lowest BCUT2D eigenvalue weighted by Crippen LogP contribution is -2.26. The molecule has 94 valence electrons. The van der Waals surface area contributed by atoms with Gasteiger partial charge < -0.3 is 16.2 Å². The lowest BCUT2D eigenvalue weighted by atomic mass is 10.2. The molecule has 5 nitrogen and oxygen atoms in total. The number of alkyl halides is 3. The van der Waals surface area contributed by atoms with Crippen LogP contribution in [0, 0.1) is 0 Å². The van der Waals surface area contributed by atoms with Gasteiger partial charge in [-0.1, -0.05) is 0 Å². The van der Waals surface area contributed by atoms with Crippen molar-refractivity contribution in [2.45, 2.75) is 19.2 Å². The zero-order chi connectivity index (χ0) is 13.2.